The van der Waals surface area contributed by atoms with Crippen molar-refractivity contribution < 1.29 is 4.74 Å². The first-order chi connectivity index (χ1) is 5.88. The van der Waals surface area contributed by atoms with Crippen molar-refractivity contribution in [1.29, 1.82) is 0 Å². The fourth-order valence-corrected chi connectivity index (χ4v) is 0.834. The molecule has 62 valence electrons. The van der Waals surface area contributed by atoms with E-state index in [1.807, 2.05) is 12.1 Å². The zero-order valence-electron chi connectivity index (χ0n) is 6.87. The highest BCUT2D eigenvalue weighted by Gasteiger charge is 1.99. The fraction of sp³-hybridized carbons (Fsp3) is 0.222. The quantitative estimate of drug-likeness (QED) is 0.676. The first-order valence-corrected chi connectivity index (χ1v) is 3.55. The molecule has 0 saturated heterocycles. The minimum absolute atomic E-state index is 0.474. The summed E-state index contributed by atoms with van der Waals surface area (Å²) in [5.41, 5.74) is 0.818. The Morgan fingerprint density at radius 2 is 2.58 bits per heavy atom. The maximum atomic E-state index is 5.09. The number of rotatable bonds is 3. The molecule has 0 saturated carbocycles. The molecule has 1 aromatic rings. The molecule has 1 heterocycles. The van der Waals surface area contributed by atoms with Crippen molar-refractivity contribution in [2.75, 3.05) is 19.0 Å². The maximum absolute atomic E-state index is 5.09. The van der Waals surface area contributed by atoms with Gasteiger partial charge >= 0.3 is 0 Å². The minimum Gasteiger partial charge on any atom is -0.480 e. The van der Waals surface area contributed by atoms with E-state index in [0.717, 1.165) is 5.69 Å². The molecule has 0 fully saturated rings. The highest BCUT2D eigenvalue weighted by atomic mass is 16.5. The van der Waals surface area contributed by atoms with Crippen molar-refractivity contribution in [2.24, 2.45) is 0 Å². The van der Waals surface area contributed by atoms with Crippen LogP contribution in [0.1, 0.15) is 0 Å². The van der Waals surface area contributed by atoms with Gasteiger partial charge in [0.1, 0.15) is 0 Å². The van der Waals surface area contributed by atoms with Gasteiger partial charge in [0.2, 0.25) is 5.88 Å². The number of terminal acetylenes is 1. The molecule has 0 aliphatic carbocycles. The van der Waals surface area contributed by atoms with Crippen molar-refractivity contribution in [3.8, 4) is 18.2 Å². The van der Waals surface area contributed by atoms with Gasteiger partial charge in [-0.15, -0.1) is 6.42 Å². The van der Waals surface area contributed by atoms with Gasteiger partial charge in [0, 0.05) is 6.20 Å². The van der Waals surface area contributed by atoms with E-state index in [0.29, 0.717) is 12.4 Å². The number of nitrogens with zero attached hydrogens (tertiary/aromatic N) is 1. The normalized spacial score (nSPS) is 8.67. The predicted octanol–water partition coefficient (Wildman–Crippen LogP) is 1.14. The molecule has 0 amide bonds. The van der Waals surface area contributed by atoms with Crippen LogP contribution in [-0.4, -0.2) is 18.6 Å². The minimum atomic E-state index is 0.474. The maximum Gasteiger partial charge on any atom is 0.237 e. The molecule has 0 aliphatic rings. The average Bonchev–Trinajstić information content (AvgIpc) is 2.15. The van der Waals surface area contributed by atoms with E-state index in [1.165, 1.54) is 0 Å². The van der Waals surface area contributed by atoms with Crippen molar-refractivity contribution in [2.45, 2.75) is 0 Å². The van der Waals surface area contributed by atoms with E-state index >= 15 is 0 Å². The molecule has 0 unspecified atom stereocenters. The second-order valence-corrected chi connectivity index (χ2v) is 2.12. The van der Waals surface area contributed by atoms with Gasteiger partial charge in [0.15, 0.2) is 0 Å². The molecule has 3 heteroatoms. The zero-order valence-corrected chi connectivity index (χ0v) is 6.87. The van der Waals surface area contributed by atoms with Crippen LogP contribution in [0.2, 0.25) is 0 Å². The summed E-state index contributed by atoms with van der Waals surface area (Å²) in [5, 5.41) is 2.99. The Morgan fingerprint density at radius 1 is 1.75 bits per heavy atom. The lowest BCUT2D eigenvalue weighted by molar-refractivity contribution is 0.400. The highest BCUT2D eigenvalue weighted by Crippen LogP contribution is 2.18. The molecule has 3 nitrogen and oxygen atoms in total. The summed E-state index contributed by atoms with van der Waals surface area (Å²) in [4.78, 5) is 4.00. The standard InChI is InChI=1S/C9H10N2O/c1-3-6-10-8-5-4-7-11-9(8)12-2/h1,4-5,7,10H,6H2,2H3. The average molecular weight is 162 g/mol. The molecule has 1 aromatic heterocycles. The zero-order chi connectivity index (χ0) is 8.81. The van der Waals surface area contributed by atoms with Crippen molar-refractivity contribution in [3.63, 3.8) is 0 Å². The number of aromatic nitrogens is 1. The van der Waals surface area contributed by atoms with Crippen LogP contribution >= 0.6 is 0 Å². The third kappa shape index (κ3) is 1.89. The number of hydrogen-bond donors (Lipinski definition) is 1. The molecule has 1 N–H and O–H groups in total. The van der Waals surface area contributed by atoms with Gasteiger partial charge in [-0.25, -0.2) is 4.98 Å². The molecule has 0 radical (unpaired) electrons. The van der Waals surface area contributed by atoms with Gasteiger partial charge in [0.25, 0.3) is 0 Å². The van der Waals surface area contributed by atoms with Crippen molar-refractivity contribution >= 4 is 5.69 Å². The second-order valence-electron chi connectivity index (χ2n) is 2.12. The summed E-state index contributed by atoms with van der Waals surface area (Å²) >= 11 is 0. The molecular formula is C9H10N2O. The third-order valence-electron chi connectivity index (χ3n) is 1.35. The Balaban J connectivity index is 2.76. The van der Waals surface area contributed by atoms with Crippen LogP contribution in [0.5, 0.6) is 5.88 Å². The summed E-state index contributed by atoms with van der Waals surface area (Å²) in [5.74, 6) is 3.04. The number of pyridine rings is 1. The monoisotopic (exact) mass is 162 g/mol. The lowest BCUT2D eigenvalue weighted by Crippen LogP contribution is -2.01. The predicted molar refractivity (Wildman–Crippen MR) is 48.1 cm³/mol. The highest BCUT2D eigenvalue weighted by molar-refractivity contribution is 5.52. The topological polar surface area (TPSA) is 34.2 Å². The number of ether oxygens (including phenoxy) is 1. The van der Waals surface area contributed by atoms with E-state index in [9.17, 15) is 0 Å². The van der Waals surface area contributed by atoms with E-state index in [2.05, 4.69) is 16.2 Å². The summed E-state index contributed by atoms with van der Waals surface area (Å²) in [6.07, 6.45) is 6.76. The molecule has 0 spiro atoms. The molecule has 1 rings (SSSR count). The smallest absolute Gasteiger partial charge is 0.237 e. The molecule has 0 aliphatic heterocycles. The van der Waals surface area contributed by atoms with Crippen LogP contribution in [0, 0.1) is 12.3 Å². The Kier molecular flexibility index (Phi) is 2.97. The summed E-state index contributed by atoms with van der Waals surface area (Å²) < 4.78 is 5.00. The van der Waals surface area contributed by atoms with Crippen LogP contribution in [0.4, 0.5) is 5.69 Å². The Bertz CT molecular complexity index is 291. The molecule has 0 atom stereocenters. The summed E-state index contributed by atoms with van der Waals surface area (Å²) in [6, 6.07) is 3.69. The fourth-order valence-electron chi connectivity index (χ4n) is 0.834. The van der Waals surface area contributed by atoms with Gasteiger partial charge in [-0.05, 0) is 12.1 Å². The molecule has 12 heavy (non-hydrogen) atoms. The van der Waals surface area contributed by atoms with Gasteiger partial charge in [-0.3, -0.25) is 0 Å². The first-order valence-electron chi connectivity index (χ1n) is 3.55. The van der Waals surface area contributed by atoms with Crippen molar-refractivity contribution in [1.82, 2.24) is 4.98 Å². The van der Waals surface area contributed by atoms with E-state index in [-0.39, 0.29) is 0 Å². The number of nitrogens with one attached hydrogen (secondary N) is 1. The first kappa shape index (κ1) is 8.41. The van der Waals surface area contributed by atoms with E-state index in [1.54, 1.807) is 13.3 Å². The lowest BCUT2D eigenvalue weighted by atomic mass is 10.4. The summed E-state index contributed by atoms with van der Waals surface area (Å²) in [6.45, 7) is 0.474. The van der Waals surface area contributed by atoms with Crippen LogP contribution in [0.15, 0.2) is 18.3 Å². The summed E-state index contributed by atoms with van der Waals surface area (Å²) in [7, 11) is 1.57. The van der Waals surface area contributed by atoms with Crippen LogP contribution in [0.3, 0.4) is 0 Å². The van der Waals surface area contributed by atoms with Crippen molar-refractivity contribution in [3.05, 3.63) is 18.3 Å². The number of methoxy groups -OCH3 is 1. The van der Waals surface area contributed by atoms with Gasteiger partial charge in [0.05, 0.1) is 19.3 Å². The number of hydrogen-bond acceptors (Lipinski definition) is 3. The Morgan fingerprint density at radius 3 is 3.25 bits per heavy atom. The molecule has 0 bridgehead atoms. The van der Waals surface area contributed by atoms with Crippen LogP contribution in [0.25, 0.3) is 0 Å². The lowest BCUT2D eigenvalue weighted by Gasteiger charge is -2.06. The number of anilines is 1. The third-order valence-corrected chi connectivity index (χ3v) is 1.35. The van der Waals surface area contributed by atoms with Gasteiger partial charge in [-0.2, -0.15) is 0 Å². The molecular weight excluding hydrogens is 152 g/mol. The van der Waals surface area contributed by atoms with Crippen LogP contribution in [-0.2, 0) is 0 Å². The van der Waals surface area contributed by atoms with Crippen LogP contribution < -0.4 is 10.1 Å². The molecule has 0 aromatic carbocycles. The Hall–Kier alpha value is -1.69. The second kappa shape index (κ2) is 4.24. The van der Waals surface area contributed by atoms with Gasteiger partial charge < -0.3 is 10.1 Å². The Labute approximate surface area is 71.8 Å². The van der Waals surface area contributed by atoms with E-state index < -0.39 is 0 Å². The largest absolute Gasteiger partial charge is 0.480 e. The SMILES string of the molecule is C#CCNc1cccnc1OC. The van der Waals surface area contributed by atoms with Gasteiger partial charge in [-0.1, -0.05) is 5.92 Å². The van der Waals surface area contributed by atoms with E-state index in [4.69, 9.17) is 11.2 Å².